The minimum atomic E-state index is 0.0391. The van der Waals surface area contributed by atoms with Crippen LogP contribution in [0.1, 0.15) is 22.6 Å². The van der Waals surface area contributed by atoms with Crippen LogP contribution in [0.2, 0.25) is 0 Å². The Morgan fingerprint density at radius 1 is 0.226 bits per heavy atom. The molecule has 1 aromatic heterocycles. The lowest BCUT2D eigenvalue weighted by molar-refractivity contribution is 0.669. The van der Waals surface area contributed by atoms with Crippen molar-refractivity contribution in [1.29, 1.82) is 0 Å². The van der Waals surface area contributed by atoms with Crippen LogP contribution in [0.4, 0.5) is 0 Å². The monoisotopic (exact) mass is 790 g/mol. The van der Waals surface area contributed by atoms with Gasteiger partial charge < -0.3 is 4.42 Å². The van der Waals surface area contributed by atoms with E-state index in [0.29, 0.717) is 0 Å². The molecule has 1 heterocycles. The molecule has 0 radical (unpaired) electrons. The Morgan fingerprint density at radius 3 is 1.02 bits per heavy atom. The van der Waals surface area contributed by atoms with E-state index in [1.165, 1.54) is 83.5 Å². The number of hydrogen-bond acceptors (Lipinski definition) is 1. The average Bonchev–Trinajstić information content (AvgIpc) is 3.73. The van der Waals surface area contributed by atoms with Gasteiger partial charge in [0.15, 0.2) is 0 Å². The molecule has 62 heavy (non-hydrogen) atoms. The van der Waals surface area contributed by atoms with Gasteiger partial charge in [0.05, 0.1) is 0 Å². The molecule has 0 spiro atoms. The van der Waals surface area contributed by atoms with E-state index in [9.17, 15) is 0 Å². The Kier molecular flexibility index (Phi) is 9.69. The van der Waals surface area contributed by atoms with Gasteiger partial charge in [0.1, 0.15) is 11.2 Å². The van der Waals surface area contributed by atoms with E-state index in [4.69, 9.17) is 4.42 Å². The van der Waals surface area contributed by atoms with Crippen LogP contribution in [0, 0.1) is 0 Å². The molecular formula is C61H42O. The lowest BCUT2D eigenvalue weighted by Crippen LogP contribution is -2.04. The van der Waals surface area contributed by atoms with Gasteiger partial charge in [0.2, 0.25) is 0 Å². The second-order valence-corrected chi connectivity index (χ2v) is 16.0. The van der Waals surface area contributed by atoms with Gasteiger partial charge in [-0.1, -0.05) is 231 Å². The van der Waals surface area contributed by atoms with Gasteiger partial charge in [-0.15, -0.1) is 0 Å². The van der Waals surface area contributed by atoms with Gasteiger partial charge in [-0.2, -0.15) is 0 Å². The van der Waals surface area contributed by atoms with Crippen molar-refractivity contribution in [2.75, 3.05) is 0 Å². The summed E-state index contributed by atoms with van der Waals surface area (Å²) >= 11 is 0. The summed E-state index contributed by atoms with van der Waals surface area (Å²) in [6, 6.07) is 90.0. The SMILES string of the molecule is c1ccc(-c2ccccc2-c2ccc(C(c3ccc(-c4ccc(-c5ccc6oc7ccccc7c6c5)cc4)cc3)c3ccc(-c4ccccc4-c4ccccc4)cc3)cc2)cc1. The smallest absolute Gasteiger partial charge is 0.135 e. The summed E-state index contributed by atoms with van der Waals surface area (Å²) in [5, 5.41) is 2.29. The lowest BCUT2D eigenvalue weighted by atomic mass is 9.83. The lowest BCUT2D eigenvalue weighted by Gasteiger charge is -2.21. The molecule has 10 aromatic carbocycles. The number of fused-ring (bicyclic) bond motifs is 3. The Bertz CT molecular complexity index is 3160. The zero-order valence-electron chi connectivity index (χ0n) is 34.2. The fourth-order valence-electron chi connectivity index (χ4n) is 9.12. The fraction of sp³-hybridized carbons (Fsp3) is 0.0164. The zero-order chi connectivity index (χ0) is 41.2. The molecule has 0 fully saturated rings. The highest BCUT2D eigenvalue weighted by Crippen LogP contribution is 2.39. The molecule has 0 amide bonds. The van der Waals surface area contributed by atoms with Gasteiger partial charge in [0.25, 0.3) is 0 Å². The first-order valence-corrected chi connectivity index (χ1v) is 21.4. The minimum Gasteiger partial charge on any atom is -0.456 e. The molecule has 0 saturated heterocycles. The quantitative estimate of drug-likeness (QED) is 0.133. The summed E-state index contributed by atoms with van der Waals surface area (Å²) in [7, 11) is 0. The van der Waals surface area contributed by atoms with Crippen LogP contribution >= 0.6 is 0 Å². The number of rotatable bonds is 9. The fourth-order valence-corrected chi connectivity index (χ4v) is 9.12. The Hall–Kier alpha value is -8.00. The van der Waals surface area contributed by atoms with E-state index < -0.39 is 0 Å². The first-order valence-electron chi connectivity index (χ1n) is 21.4. The van der Waals surface area contributed by atoms with E-state index in [-0.39, 0.29) is 5.92 Å². The van der Waals surface area contributed by atoms with Crippen LogP contribution in [0.3, 0.4) is 0 Å². The third-order valence-electron chi connectivity index (χ3n) is 12.3. The molecule has 0 bridgehead atoms. The molecule has 0 aliphatic rings. The molecule has 0 unspecified atom stereocenters. The highest BCUT2D eigenvalue weighted by molar-refractivity contribution is 6.06. The average molecular weight is 791 g/mol. The van der Waals surface area contributed by atoms with Crippen molar-refractivity contribution in [3.8, 4) is 66.8 Å². The van der Waals surface area contributed by atoms with E-state index >= 15 is 0 Å². The predicted octanol–water partition coefficient (Wildman–Crippen LogP) is 16.8. The molecule has 0 N–H and O–H groups in total. The van der Waals surface area contributed by atoms with Crippen molar-refractivity contribution in [2.24, 2.45) is 0 Å². The maximum atomic E-state index is 6.09. The topological polar surface area (TPSA) is 13.1 Å². The summed E-state index contributed by atoms with van der Waals surface area (Å²) in [5.41, 5.74) is 20.1. The molecule has 1 heteroatoms. The normalized spacial score (nSPS) is 11.4. The van der Waals surface area contributed by atoms with E-state index in [0.717, 1.165) is 21.9 Å². The van der Waals surface area contributed by atoms with Crippen molar-refractivity contribution in [3.05, 3.63) is 265 Å². The third-order valence-corrected chi connectivity index (χ3v) is 12.3. The van der Waals surface area contributed by atoms with Crippen LogP contribution in [-0.4, -0.2) is 0 Å². The summed E-state index contributed by atoms with van der Waals surface area (Å²) in [6.45, 7) is 0. The highest BCUT2D eigenvalue weighted by Gasteiger charge is 2.19. The predicted molar refractivity (Wildman–Crippen MR) is 260 cm³/mol. The number of para-hydroxylation sites is 1. The summed E-state index contributed by atoms with van der Waals surface area (Å²) in [5.74, 6) is 0.0391. The van der Waals surface area contributed by atoms with E-state index in [1.807, 2.05) is 12.1 Å². The van der Waals surface area contributed by atoms with Crippen molar-refractivity contribution >= 4 is 21.9 Å². The van der Waals surface area contributed by atoms with E-state index in [1.54, 1.807) is 0 Å². The van der Waals surface area contributed by atoms with Crippen LogP contribution < -0.4 is 0 Å². The second-order valence-electron chi connectivity index (χ2n) is 16.0. The number of hydrogen-bond donors (Lipinski definition) is 0. The number of benzene rings is 10. The molecule has 0 atom stereocenters. The van der Waals surface area contributed by atoms with Crippen LogP contribution in [0.25, 0.3) is 88.7 Å². The second kappa shape index (κ2) is 16.2. The molecule has 0 aliphatic carbocycles. The summed E-state index contributed by atoms with van der Waals surface area (Å²) < 4.78 is 6.09. The van der Waals surface area contributed by atoms with Crippen molar-refractivity contribution < 1.29 is 4.42 Å². The Morgan fingerprint density at radius 2 is 0.548 bits per heavy atom. The molecule has 292 valence electrons. The van der Waals surface area contributed by atoms with Gasteiger partial charge in [-0.3, -0.25) is 0 Å². The largest absolute Gasteiger partial charge is 0.456 e. The van der Waals surface area contributed by atoms with Crippen molar-refractivity contribution in [3.63, 3.8) is 0 Å². The highest BCUT2D eigenvalue weighted by atomic mass is 16.3. The van der Waals surface area contributed by atoms with Gasteiger partial charge in [-0.25, -0.2) is 0 Å². The molecule has 0 saturated carbocycles. The maximum Gasteiger partial charge on any atom is 0.135 e. The van der Waals surface area contributed by atoms with E-state index in [2.05, 4.69) is 237 Å². The van der Waals surface area contributed by atoms with Crippen molar-refractivity contribution in [2.45, 2.75) is 5.92 Å². The zero-order valence-corrected chi connectivity index (χ0v) is 34.2. The minimum absolute atomic E-state index is 0.0391. The van der Waals surface area contributed by atoms with Gasteiger partial charge >= 0.3 is 0 Å². The summed E-state index contributed by atoms with van der Waals surface area (Å²) in [4.78, 5) is 0. The standard InChI is InChI=1S/C61H42O/c1-3-13-45(14-4-1)53-17-7-9-19-55(53)47-29-35-50(36-30-47)61(51-37-31-48(32-38-51)56-20-10-8-18-54(56)46-15-5-2-6-16-46)49-33-27-43(28-34-49)42-23-25-44(26-24-42)52-39-40-60-58(41-52)57-21-11-12-22-59(57)62-60/h1-41,61H. The summed E-state index contributed by atoms with van der Waals surface area (Å²) in [6.07, 6.45) is 0. The number of furan rings is 1. The maximum absolute atomic E-state index is 6.09. The van der Waals surface area contributed by atoms with Crippen LogP contribution in [0.15, 0.2) is 253 Å². The third kappa shape index (κ3) is 7.10. The molecule has 0 aliphatic heterocycles. The van der Waals surface area contributed by atoms with Crippen LogP contribution in [0.5, 0.6) is 0 Å². The van der Waals surface area contributed by atoms with Crippen molar-refractivity contribution in [1.82, 2.24) is 0 Å². The first-order chi connectivity index (χ1) is 30.7. The Labute approximate surface area is 362 Å². The van der Waals surface area contributed by atoms with Gasteiger partial charge in [-0.05, 0) is 102 Å². The molecule has 1 nitrogen and oxygen atoms in total. The molecular weight excluding hydrogens is 749 g/mol. The molecule has 11 aromatic rings. The molecule has 11 rings (SSSR count). The Balaban J connectivity index is 0.931. The first kappa shape index (κ1) is 37.0. The van der Waals surface area contributed by atoms with Crippen LogP contribution in [-0.2, 0) is 0 Å². The van der Waals surface area contributed by atoms with Gasteiger partial charge in [0, 0.05) is 16.7 Å².